The van der Waals surface area contributed by atoms with E-state index in [2.05, 4.69) is 10.2 Å². The lowest BCUT2D eigenvalue weighted by Gasteiger charge is -2.42. The normalized spacial score (nSPS) is 20.7. The highest BCUT2D eigenvalue weighted by atomic mass is 19.1. The SMILES string of the molecule is CCc1[nH]ncc1C(=O)N1CCO[C@@](CO)(Cc2ccccc2F)C1. The molecule has 2 aromatic rings. The molecule has 25 heavy (non-hydrogen) atoms. The molecule has 0 radical (unpaired) electrons. The van der Waals surface area contributed by atoms with E-state index < -0.39 is 5.60 Å². The van der Waals surface area contributed by atoms with E-state index in [9.17, 15) is 14.3 Å². The molecule has 1 aliphatic heterocycles. The number of amides is 1. The molecule has 7 heteroatoms. The predicted octanol–water partition coefficient (Wildman–Crippen LogP) is 1.56. The minimum Gasteiger partial charge on any atom is -0.393 e. The average Bonchev–Trinajstić information content (AvgIpc) is 3.12. The van der Waals surface area contributed by atoms with Gasteiger partial charge in [0.15, 0.2) is 0 Å². The molecule has 1 aromatic carbocycles. The number of rotatable bonds is 5. The van der Waals surface area contributed by atoms with Gasteiger partial charge in [0.2, 0.25) is 0 Å². The third-order valence-corrected chi connectivity index (χ3v) is 4.60. The molecule has 1 amide bonds. The number of aliphatic hydroxyl groups excluding tert-OH is 1. The number of aromatic amines is 1. The second kappa shape index (κ2) is 7.33. The van der Waals surface area contributed by atoms with Gasteiger partial charge in [0, 0.05) is 18.7 Å². The Bertz CT molecular complexity index is 749. The molecule has 3 rings (SSSR count). The van der Waals surface area contributed by atoms with Crippen molar-refractivity contribution in [3.63, 3.8) is 0 Å². The molecule has 0 aliphatic carbocycles. The third-order valence-electron chi connectivity index (χ3n) is 4.60. The molecular weight excluding hydrogens is 325 g/mol. The average molecular weight is 347 g/mol. The number of hydrogen-bond donors (Lipinski definition) is 2. The Morgan fingerprint density at radius 3 is 3.00 bits per heavy atom. The highest BCUT2D eigenvalue weighted by Crippen LogP contribution is 2.25. The number of halogens is 1. The highest BCUT2D eigenvalue weighted by molar-refractivity contribution is 5.95. The molecule has 0 spiro atoms. The summed E-state index contributed by atoms with van der Waals surface area (Å²) in [6.07, 6.45) is 2.39. The Labute approximate surface area is 145 Å². The molecule has 1 fully saturated rings. The lowest BCUT2D eigenvalue weighted by Crippen LogP contribution is -2.57. The Morgan fingerprint density at radius 1 is 1.48 bits per heavy atom. The van der Waals surface area contributed by atoms with Crippen LogP contribution in [0.25, 0.3) is 0 Å². The topological polar surface area (TPSA) is 78.5 Å². The predicted molar refractivity (Wildman–Crippen MR) is 89.7 cm³/mol. The Kier molecular flexibility index (Phi) is 5.15. The summed E-state index contributed by atoms with van der Waals surface area (Å²) in [5, 5.41) is 16.7. The molecule has 0 saturated carbocycles. The van der Waals surface area contributed by atoms with E-state index in [1.807, 2.05) is 6.92 Å². The number of H-pyrrole nitrogens is 1. The lowest BCUT2D eigenvalue weighted by atomic mass is 9.92. The summed E-state index contributed by atoms with van der Waals surface area (Å²) in [6, 6.07) is 6.41. The zero-order chi connectivity index (χ0) is 17.9. The number of nitrogens with one attached hydrogen (secondary N) is 1. The van der Waals surface area contributed by atoms with Gasteiger partial charge in [-0.3, -0.25) is 9.89 Å². The first kappa shape index (κ1) is 17.6. The number of nitrogens with zero attached hydrogens (tertiary/aromatic N) is 2. The van der Waals surface area contributed by atoms with Gasteiger partial charge in [-0.2, -0.15) is 5.10 Å². The van der Waals surface area contributed by atoms with Crippen LogP contribution in [-0.2, 0) is 17.6 Å². The van der Waals surface area contributed by atoms with Gasteiger partial charge >= 0.3 is 0 Å². The van der Waals surface area contributed by atoms with Crippen molar-refractivity contribution in [1.82, 2.24) is 15.1 Å². The number of morpholine rings is 1. The molecule has 2 N–H and O–H groups in total. The van der Waals surface area contributed by atoms with Gasteiger partial charge < -0.3 is 14.7 Å². The molecule has 6 nitrogen and oxygen atoms in total. The first-order valence-electron chi connectivity index (χ1n) is 8.38. The smallest absolute Gasteiger partial charge is 0.257 e. The maximum absolute atomic E-state index is 14.0. The summed E-state index contributed by atoms with van der Waals surface area (Å²) in [7, 11) is 0. The number of aryl methyl sites for hydroxylation is 1. The minimum atomic E-state index is -1.01. The van der Waals surface area contributed by atoms with Gasteiger partial charge in [-0.25, -0.2) is 4.39 Å². The van der Waals surface area contributed by atoms with Gasteiger partial charge in [-0.05, 0) is 18.1 Å². The van der Waals surface area contributed by atoms with Crippen molar-refractivity contribution in [2.24, 2.45) is 0 Å². The number of carbonyl (C=O) groups is 1. The van der Waals surface area contributed by atoms with Crippen molar-refractivity contribution in [1.29, 1.82) is 0 Å². The van der Waals surface area contributed by atoms with Crippen molar-refractivity contribution in [2.75, 3.05) is 26.3 Å². The van der Waals surface area contributed by atoms with E-state index in [1.54, 1.807) is 23.1 Å². The quantitative estimate of drug-likeness (QED) is 0.860. The van der Waals surface area contributed by atoms with E-state index in [-0.39, 0.29) is 31.3 Å². The third kappa shape index (κ3) is 3.57. The van der Waals surface area contributed by atoms with Crippen LogP contribution < -0.4 is 0 Å². The molecule has 134 valence electrons. The number of benzene rings is 1. The fraction of sp³-hybridized carbons (Fsp3) is 0.444. The summed E-state index contributed by atoms with van der Waals surface area (Å²) in [6.45, 7) is 2.56. The molecule has 0 unspecified atom stereocenters. The molecular formula is C18H22FN3O3. The number of ether oxygens (including phenoxy) is 1. The van der Waals surface area contributed by atoms with E-state index >= 15 is 0 Å². The second-order valence-electron chi connectivity index (χ2n) is 6.30. The van der Waals surface area contributed by atoms with Gasteiger partial charge in [0.25, 0.3) is 5.91 Å². The van der Waals surface area contributed by atoms with Crippen LogP contribution in [0.5, 0.6) is 0 Å². The molecule has 0 bridgehead atoms. The van der Waals surface area contributed by atoms with Gasteiger partial charge in [-0.1, -0.05) is 25.1 Å². The van der Waals surface area contributed by atoms with Gasteiger partial charge in [-0.15, -0.1) is 0 Å². The van der Waals surface area contributed by atoms with Crippen LogP contribution in [0.4, 0.5) is 4.39 Å². The van der Waals surface area contributed by atoms with Crippen LogP contribution in [0, 0.1) is 5.82 Å². The summed E-state index contributed by atoms with van der Waals surface area (Å²) in [5.41, 5.74) is 0.761. The van der Waals surface area contributed by atoms with E-state index in [0.29, 0.717) is 30.7 Å². The van der Waals surface area contributed by atoms with Crippen LogP contribution in [0.1, 0.15) is 28.5 Å². The van der Waals surface area contributed by atoms with Gasteiger partial charge in [0.05, 0.1) is 31.5 Å². The van der Waals surface area contributed by atoms with Crippen molar-refractivity contribution >= 4 is 5.91 Å². The molecule has 1 aliphatic rings. The first-order valence-corrected chi connectivity index (χ1v) is 8.38. The standard InChI is InChI=1S/C18H22FN3O3/c1-2-16-14(10-20-21-16)17(24)22-7-8-25-18(11-22,12-23)9-13-5-3-4-6-15(13)19/h3-6,10,23H,2,7-9,11-12H2,1H3,(H,20,21)/t18-/m0/s1. The summed E-state index contributed by atoms with van der Waals surface area (Å²) in [4.78, 5) is 14.5. The largest absolute Gasteiger partial charge is 0.393 e. The lowest BCUT2D eigenvalue weighted by molar-refractivity contribution is -0.124. The number of carbonyl (C=O) groups excluding carboxylic acids is 1. The minimum absolute atomic E-state index is 0.153. The van der Waals surface area contributed by atoms with Crippen molar-refractivity contribution in [2.45, 2.75) is 25.4 Å². The van der Waals surface area contributed by atoms with Crippen molar-refractivity contribution < 1.29 is 19.0 Å². The number of aromatic nitrogens is 2. The Morgan fingerprint density at radius 2 is 2.28 bits per heavy atom. The van der Waals surface area contributed by atoms with Crippen LogP contribution in [0.15, 0.2) is 30.5 Å². The highest BCUT2D eigenvalue weighted by Gasteiger charge is 2.39. The van der Waals surface area contributed by atoms with Crippen molar-refractivity contribution in [3.8, 4) is 0 Å². The summed E-state index contributed by atoms with van der Waals surface area (Å²) >= 11 is 0. The molecule has 1 saturated heterocycles. The monoisotopic (exact) mass is 347 g/mol. The van der Waals surface area contributed by atoms with Crippen LogP contribution in [0.3, 0.4) is 0 Å². The Balaban J connectivity index is 1.80. The number of aliphatic hydroxyl groups is 1. The summed E-state index contributed by atoms with van der Waals surface area (Å²) < 4.78 is 19.8. The second-order valence-corrected chi connectivity index (χ2v) is 6.30. The van der Waals surface area contributed by atoms with Crippen LogP contribution >= 0.6 is 0 Å². The summed E-state index contributed by atoms with van der Waals surface area (Å²) in [5.74, 6) is -0.495. The fourth-order valence-corrected chi connectivity index (χ4v) is 3.20. The number of hydrogen-bond acceptors (Lipinski definition) is 4. The first-order chi connectivity index (χ1) is 12.1. The Hall–Kier alpha value is -2.25. The van der Waals surface area contributed by atoms with Crippen LogP contribution in [-0.4, -0.2) is 58.0 Å². The maximum Gasteiger partial charge on any atom is 0.257 e. The van der Waals surface area contributed by atoms with E-state index in [1.165, 1.54) is 12.3 Å². The molecule has 2 heterocycles. The fourth-order valence-electron chi connectivity index (χ4n) is 3.20. The zero-order valence-electron chi connectivity index (χ0n) is 14.2. The van der Waals surface area contributed by atoms with Crippen molar-refractivity contribution in [3.05, 3.63) is 53.1 Å². The van der Waals surface area contributed by atoms with Crippen LogP contribution in [0.2, 0.25) is 0 Å². The molecule has 1 atom stereocenters. The van der Waals surface area contributed by atoms with Gasteiger partial charge in [0.1, 0.15) is 11.4 Å². The zero-order valence-corrected chi connectivity index (χ0v) is 14.2. The van der Waals surface area contributed by atoms with E-state index in [0.717, 1.165) is 5.69 Å². The maximum atomic E-state index is 14.0. The molecule has 1 aromatic heterocycles. The van der Waals surface area contributed by atoms with E-state index in [4.69, 9.17) is 4.74 Å².